The maximum Gasteiger partial charge on any atom is 0.321 e. The van der Waals surface area contributed by atoms with Crippen molar-refractivity contribution in [2.45, 2.75) is 31.8 Å². The molecule has 0 saturated heterocycles. The molecule has 1 N–H and O–H groups in total. The van der Waals surface area contributed by atoms with Gasteiger partial charge in [-0.3, -0.25) is 0 Å². The molecule has 0 saturated carbocycles. The van der Waals surface area contributed by atoms with Gasteiger partial charge in [0.15, 0.2) is 0 Å². The van der Waals surface area contributed by atoms with E-state index in [1.54, 1.807) is 35.3 Å². The lowest BCUT2D eigenvalue weighted by Gasteiger charge is -2.24. The van der Waals surface area contributed by atoms with Crippen molar-refractivity contribution in [2.75, 3.05) is 0 Å². The zero-order valence-corrected chi connectivity index (χ0v) is 16.9. The fourth-order valence-electron chi connectivity index (χ4n) is 3.96. The first-order valence-corrected chi connectivity index (χ1v) is 10.4. The second-order valence-corrected chi connectivity index (χ2v) is 7.51. The maximum absolute atomic E-state index is 14.3. The van der Waals surface area contributed by atoms with Crippen LogP contribution in [0.15, 0.2) is 73.2 Å². The zero-order valence-electron chi connectivity index (χ0n) is 16.9. The second kappa shape index (κ2) is 8.65. The van der Waals surface area contributed by atoms with E-state index in [4.69, 9.17) is 4.74 Å². The van der Waals surface area contributed by atoms with Crippen molar-refractivity contribution in [1.82, 2.24) is 25.1 Å². The van der Waals surface area contributed by atoms with Gasteiger partial charge in [0.2, 0.25) is 0 Å². The van der Waals surface area contributed by atoms with Crippen LogP contribution in [0.2, 0.25) is 0 Å². The van der Waals surface area contributed by atoms with Crippen LogP contribution < -0.4 is 10.1 Å². The van der Waals surface area contributed by atoms with Crippen LogP contribution in [0, 0.1) is 5.82 Å². The number of rotatable bonds is 6. The van der Waals surface area contributed by atoms with Gasteiger partial charge >= 0.3 is 6.01 Å². The number of nitrogens with one attached hydrogen (secondary N) is 1. The average Bonchev–Trinajstić information content (AvgIpc) is 3.24. The topological polar surface area (TPSA) is 64.9 Å². The molecule has 1 aliphatic rings. The van der Waals surface area contributed by atoms with E-state index in [0.29, 0.717) is 17.4 Å². The lowest BCUT2D eigenvalue weighted by Crippen LogP contribution is -2.25. The number of aromatic nitrogens is 4. The minimum atomic E-state index is -0.258. The van der Waals surface area contributed by atoms with Crippen LogP contribution in [0.1, 0.15) is 35.7 Å². The molecule has 2 aromatic carbocycles. The Hall–Kier alpha value is -3.58. The van der Waals surface area contributed by atoms with Gasteiger partial charge in [-0.1, -0.05) is 24.3 Å². The van der Waals surface area contributed by atoms with Crippen molar-refractivity contribution in [3.05, 3.63) is 95.8 Å². The molecule has 5 rings (SSSR count). The molecule has 1 atom stereocenters. The largest absolute Gasteiger partial charge is 0.424 e. The molecule has 0 spiro atoms. The first-order valence-electron chi connectivity index (χ1n) is 10.4. The smallest absolute Gasteiger partial charge is 0.321 e. The molecule has 0 bridgehead atoms. The number of ether oxygens (including phenoxy) is 1. The van der Waals surface area contributed by atoms with Gasteiger partial charge in [0.1, 0.15) is 17.3 Å². The monoisotopic (exact) mass is 415 g/mol. The highest BCUT2D eigenvalue weighted by molar-refractivity contribution is 5.38. The van der Waals surface area contributed by atoms with Crippen LogP contribution in [0.5, 0.6) is 11.8 Å². The van der Waals surface area contributed by atoms with Crippen LogP contribution >= 0.6 is 0 Å². The molecule has 4 aromatic rings. The minimum Gasteiger partial charge on any atom is -0.424 e. The molecule has 2 aromatic heterocycles. The van der Waals surface area contributed by atoms with E-state index in [9.17, 15) is 4.39 Å². The van der Waals surface area contributed by atoms with Crippen molar-refractivity contribution in [3.8, 4) is 17.4 Å². The molecule has 1 aliphatic carbocycles. The fourth-order valence-corrected chi connectivity index (χ4v) is 3.96. The molecule has 0 amide bonds. The molecule has 156 valence electrons. The van der Waals surface area contributed by atoms with E-state index >= 15 is 0 Å². The summed E-state index contributed by atoms with van der Waals surface area (Å²) in [4.78, 5) is 8.14. The molecule has 31 heavy (non-hydrogen) atoms. The van der Waals surface area contributed by atoms with Gasteiger partial charge in [-0.15, -0.1) is 0 Å². The predicted octanol–water partition coefficient (Wildman–Crippen LogP) is 4.76. The lowest BCUT2D eigenvalue weighted by molar-refractivity contribution is 0.440. The Morgan fingerprint density at radius 2 is 1.84 bits per heavy atom. The highest BCUT2D eigenvalue weighted by Gasteiger charge is 2.25. The van der Waals surface area contributed by atoms with Crippen LogP contribution in [0.25, 0.3) is 5.69 Å². The van der Waals surface area contributed by atoms with Crippen LogP contribution in [-0.2, 0) is 13.0 Å². The van der Waals surface area contributed by atoms with Crippen LogP contribution in [0.4, 0.5) is 4.39 Å². The predicted molar refractivity (Wildman–Crippen MR) is 115 cm³/mol. The summed E-state index contributed by atoms with van der Waals surface area (Å²) < 4.78 is 21.7. The Balaban J connectivity index is 1.27. The first kappa shape index (κ1) is 19.4. The van der Waals surface area contributed by atoms with Crippen molar-refractivity contribution >= 4 is 0 Å². The SMILES string of the molecule is Fc1ccccc1-n1ncc2c1CCCC2NCc1ccc(Oc2ncccn2)cc1. The van der Waals surface area contributed by atoms with Gasteiger partial charge in [-0.25, -0.2) is 19.0 Å². The molecule has 0 fully saturated rings. The number of para-hydroxylation sites is 1. The Bertz CT molecular complexity index is 1160. The summed E-state index contributed by atoms with van der Waals surface area (Å²) in [6, 6.07) is 16.9. The van der Waals surface area contributed by atoms with E-state index in [1.165, 1.54) is 6.07 Å². The number of hydrogen-bond donors (Lipinski definition) is 1. The molecule has 0 radical (unpaired) electrons. The molecule has 0 aliphatic heterocycles. The number of benzene rings is 2. The molecular weight excluding hydrogens is 393 g/mol. The van der Waals surface area contributed by atoms with E-state index in [0.717, 1.165) is 42.6 Å². The summed E-state index contributed by atoms with van der Waals surface area (Å²) in [6.45, 7) is 0.719. The molecule has 2 heterocycles. The molecule has 1 unspecified atom stereocenters. The van der Waals surface area contributed by atoms with Gasteiger partial charge < -0.3 is 10.1 Å². The van der Waals surface area contributed by atoms with E-state index in [1.807, 2.05) is 36.5 Å². The highest BCUT2D eigenvalue weighted by Crippen LogP contribution is 2.32. The quantitative estimate of drug-likeness (QED) is 0.492. The number of fused-ring (bicyclic) bond motifs is 1. The van der Waals surface area contributed by atoms with Gasteiger partial charge in [-0.2, -0.15) is 5.10 Å². The van der Waals surface area contributed by atoms with Crippen LogP contribution in [0.3, 0.4) is 0 Å². The third kappa shape index (κ3) is 4.18. The van der Waals surface area contributed by atoms with Crippen LogP contribution in [-0.4, -0.2) is 19.7 Å². The van der Waals surface area contributed by atoms with E-state index in [-0.39, 0.29) is 11.9 Å². The van der Waals surface area contributed by atoms with Gasteiger partial charge in [0.05, 0.1) is 6.20 Å². The number of hydrogen-bond acceptors (Lipinski definition) is 5. The second-order valence-electron chi connectivity index (χ2n) is 7.51. The maximum atomic E-state index is 14.3. The van der Waals surface area contributed by atoms with Crippen molar-refractivity contribution in [1.29, 1.82) is 0 Å². The van der Waals surface area contributed by atoms with E-state index in [2.05, 4.69) is 20.4 Å². The summed E-state index contributed by atoms with van der Waals surface area (Å²) in [6.07, 6.45) is 8.13. The van der Waals surface area contributed by atoms with Crippen molar-refractivity contribution in [3.63, 3.8) is 0 Å². The van der Waals surface area contributed by atoms with E-state index < -0.39 is 0 Å². The van der Waals surface area contributed by atoms with Crippen molar-refractivity contribution < 1.29 is 9.13 Å². The average molecular weight is 415 g/mol. The Morgan fingerprint density at radius 1 is 1.03 bits per heavy atom. The van der Waals surface area contributed by atoms with Crippen molar-refractivity contribution in [2.24, 2.45) is 0 Å². The molecule has 7 heteroatoms. The Morgan fingerprint density at radius 3 is 2.65 bits per heavy atom. The Kier molecular flexibility index (Phi) is 5.41. The number of nitrogens with zero attached hydrogens (tertiary/aromatic N) is 4. The summed E-state index contributed by atoms with van der Waals surface area (Å²) in [5.41, 5.74) is 3.88. The molecule has 6 nitrogen and oxygen atoms in total. The lowest BCUT2D eigenvalue weighted by atomic mass is 9.92. The standard InChI is InChI=1S/C24H22FN5O/c25-20-5-1-2-7-23(20)30-22-8-3-6-21(19(22)16-29-30)28-15-17-9-11-18(12-10-17)31-24-26-13-4-14-27-24/h1-2,4-5,7,9-14,16,21,28H,3,6,8,15H2. The van der Waals surface area contributed by atoms with Gasteiger partial charge in [0.25, 0.3) is 0 Å². The summed E-state index contributed by atoms with van der Waals surface area (Å²) in [7, 11) is 0. The molecular formula is C24H22FN5O. The minimum absolute atomic E-state index is 0.193. The summed E-state index contributed by atoms with van der Waals surface area (Å²) >= 11 is 0. The summed E-state index contributed by atoms with van der Waals surface area (Å²) in [5.74, 6) is 0.438. The highest BCUT2D eigenvalue weighted by atomic mass is 19.1. The third-order valence-electron chi connectivity index (χ3n) is 5.49. The van der Waals surface area contributed by atoms with Gasteiger partial charge in [0, 0.05) is 36.2 Å². The third-order valence-corrected chi connectivity index (χ3v) is 5.49. The summed E-state index contributed by atoms with van der Waals surface area (Å²) in [5, 5.41) is 8.12. The van der Waals surface area contributed by atoms with Gasteiger partial charge in [-0.05, 0) is 55.2 Å². The number of halogens is 1. The first-order chi connectivity index (χ1) is 15.3. The normalized spacial score (nSPS) is 15.5. The Labute approximate surface area is 179 Å². The fraction of sp³-hybridized carbons (Fsp3) is 0.208. The zero-order chi connectivity index (χ0) is 21.0.